The van der Waals surface area contributed by atoms with E-state index in [4.69, 9.17) is 11.6 Å². The van der Waals surface area contributed by atoms with Crippen LogP contribution in [0.4, 0.5) is 5.69 Å². The summed E-state index contributed by atoms with van der Waals surface area (Å²) in [6, 6.07) is 22.5. The van der Waals surface area contributed by atoms with Gasteiger partial charge in [-0.05, 0) is 49.1 Å². The fourth-order valence-corrected chi connectivity index (χ4v) is 5.35. The highest BCUT2D eigenvalue weighted by atomic mass is 35.5. The van der Waals surface area contributed by atoms with Crippen molar-refractivity contribution in [2.75, 3.05) is 17.1 Å². The molecule has 0 spiro atoms. The van der Waals surface area contributed by atoms with Gasteiger partial charge in [0, 0.05) is 24.0 Å². The van der Waals surface area contributed by atoms with E-state index in [-0.39, 0.29) is 24.9 Å². The van der Waals surface area contributed by atoms with Crippen molar-refractivity contribution in [3.63, 3.8) is 0 Å². The minimum atomic E-state index is -3.82. The lowest BCUT2D eigenvalue weighted by molar-refractivity contribution is -0.140. The molecule has 2 amide bonds. The van der Waals surface area contributed by atoms with Crippen molar-refractivity contribution in [3.8, 4) is 0 Å². The zero-order valence-corrected chi connectivity index (χ0v) is 24.4. The number of carbonyl (C=O) groups is 2. The third kappa shape index (κ3) is 8.31. The number of rotatable bonds is 12. The van der Waals surface area contributed by atoms with Gasteiger partial charge in [0.2, 0.25) is 21.8 Å². The van der Waals surface area contributed by atoms with Crippen molar-refractivity contribution in [3.05, 3.63) is 101 Å². The summed E-state index contributed by atoms with van der Waals surface area (Å²) in [5.41, 5.74) is 2.65. The Morgan fingerprint density at radius 2 is 1.56 bits per heavy atom. The molecular formula is C30H36ClN3O4S. The molecule has 0 aliphatic carbocycles. The maximum atomic E-state index is 14.1. The van der Waals surface area contributed by atoms with Crippen LogP contribution in [0.2, 0.25) is 5.02 Å². The predicted octanol–water partition coefficient (Wildman–Crippen LogP) is 4.97. The van der Waals surface area contributed by atoms with Gasteiger partial charge < -0.3 is 10.2 Å². The summed E-state index contributed by atoms with van der Waals surface area (Å²) in [7, 11) is -3.82. The van der Waals surface area contributed by atoms with E-state index in [1.807, 2.05) is 50.2 Å². The third-order valence-electron chi connectivity index (χ3n) is 6.63. The van der Waals surface area contributed by atoms with Crippen LogP contribution >= 0.6 is 11.6 Å². The Labute approximate surface area is 236 Å². The molecule has 0 bridgehead atoms. The van der Waals surface area contributed by atoms with Crippen LogP contribution in [-0.2, 0) is 32.6 Å². The number of halogens is 1. The van der Waals surface area contributed by atoms with Gasteiger partial charge in [0.25, 0.3) is 0 Å². The minimum absolute atomic E-state index is 0.0370. The summed E-state index contributed by atoms with van der Waals surface area (Å²) < 4.78 is 26.9. The van der Waals surface area contributed by atoms with Crippen molar-refractivity contribution in [1.82, 2.24) is 10.2 Å². The maximum Gasteiger partial charge on any atom is 0.244 e. The minimum Gasteiger partial charge on any atom is -0.352 e. The van der Waals surface area contributed by atoms with Crippen LogP contribution in [0.1, 0.15) is 37.0 Å². The summed E-state index contributed by atoms with van der Waals surface area (Å²) in [4.78, 5) is 29.2. The summed E-state index contributed by atoms with van der Waals surface area (Å²) in [5.74, 6) is -0.820. The van der Waals surface area contributed by atoms with Crippen molar-refractivity contribution in [2.24, 2.45) is 0 Å². The second kappa shape index (κ2) is 13.6. The quantitative estimate of drug-likeness (QED) is 0.334. The SMILES string of the molecule is CCC(C)NC(=O)C(Cc1ccccc1)N(Cc1ccccc1Cl)C(=O)CN(c1ccccc1C)S(C)(=O)=O. The molecule has 0 fully saturated rings. The Morgan fingerprint density at radius 3 is 2.18 bits per heavy atom. The van der Waals surface area contributed by atoms with E-state index in [2.05, 4.69) is 5.32 Å². The molecule has 3 aromatic rings. The van der Waals surface area contributed by atoms with Crippen molar-refractivity contribution in [2.45, 2.75) is 52.2 Å². The van der Waals surface area contributed by atoms with Crippen LogP contribution in [0.15, 0.2) is 78.9 Å². The molecule has 208 valence electrons. The molecule has 2 atom stereocenters. The Bertz CT molecular complexity index is 1380. The van der Waals surface area contributed by atoms with Gasteiger partial charge in [0.1, 0.15) is 12.6 Å². The highest BCUT2D eigenvalue weighted by molar-refractivity contribution is 7.92. The average molecular weight is 570 g/mol. The van der Waals surface area contributed by atoms with Crippen LogP contribution in [0.25, 0.3) is 0 Å². The van der Waals surface area contributed by atoms with Gasteiger partial charge in [-0.2, -0.15) is 0 Å². The fraction of sp³-hybridized carbons (Fsp3) is 0.333. The summed E-state index contributed by atoms with van der Waals surface area (Å²) in [5, 5.41) is 3.47. The van der Waals surface area contributed by atoms with Crippen molar-refractivity contribution < 1.29 is 18.0 Å². The molecule has 39 heavy (non-hydrogen) atoms. The average Bonchev–Trinajstić information content (AvgIpc) is 2.90. The number of para-hydroxylation sites is 1. The van der Waals surface area contributed by atoms with Gasteiger partial charge in [-0.3, -0.25) is 13.9 Å². The van der Waals surface area contributed by atoms with E-state index < -0.39 is 28.5 Å². The maximum absolute atomic E-state index is 14.1. The molecular weight excluding hydrogens is 534 g/mol. The molecule has 0 aromatic heterocycles. The van der Waals surface area contributed by atoms with Crippen LogP contribution in [0.5, 0.6) is 0 Å². The zero-order valence-electron chi connectivity index (χ0n) is 22.8. The molecule has 0 aliphatic rings. The lowest BCUT2D eigenvalue weighted by Crippen LogP contribution is -2.54. The van der Waals surface area contributed by atoms with Crippen LogP contribution in [0.3, 0.4) is 0 Å². The molecule has 9 heteroatoms. The molecule has 3 rings (SSSR count). The second-order valence-corrected chi connectivity index (χ2v) is 12.0. The molecule has 0 heterocycles. The normalized spacial score (nSPS) is 12.8. The second-order valence-electron chi connectivity index (χ2n) is 9.69. The largest absolute Gasteiger partial charge is 0.352 e. The standard InChI is InChI=1S/C30H36ClN3O4S/c1-5-23(3)32-30(36)28(19-24-14-7-6-8-15-24)33(20-25-16-10-11-17-26(25)31)29(35)21-34(39(4,37)38)27-18-12-9-13-22(27)2/h6-18,23,28H,5,19-21H2,1-4H3,(H,32,36). The number of benzene rings is 3. The van der Waals surface area contributed by atoms with E-state index in [0.29, 0.717) is 21.8 Å². The predicted molar refractivity (Wildman–Crippen MR) is 157 cm³/mol. The van der Waals surface area contributed by atoms with Crippen LogP contribution in [0, 0.1) is 6.92 Å². The van der Waals surface area contributed by atoms with Gasteiger partial charge in [0.05, 0.1) is 11.9 Å². The van der Waals surface area contributed by atoms with E-state index in [0.717, 1.165) is 22.5 Å². The summed E-state index contributed by atoms with van der Waals surface area (Å²) in [6.45, 7) is 5.24. The summed E-state index contributed by atoms with van der Waals surface area (Å²) in [6.07, 6.45) is 2.04. The molecule has 2 unspecified atom stereocenters. The first-order chi connectivity index (χ1) is 18.5. The van der Waals surface area contributed by atoms with E-state index in [1.165, 1.54) is 4.90 Å². The fourth-order valence-electron chi connectivity index (χ4n) is 4.24. The molecule has 0 radical (unpaired) electrons. The molecule has 0 saturated heterocycles. The first-order valence-electron chi connectivity index (χ1n) is 12.9. The molecule has 0 saturated carbocycles. The van der Waals surface area contributed by atoms with Gasteiger partial charge in [0.15, 0.2) is 0 Å². The van der Waals surface area contributed by atoms with Gasteiger partial charge >= 0.3 is 0 Å². The van der Waals surface area contributed by atoms with Crippen LogP contribution in [-0.4, -0.2) is 50.0 Å². The summed E-state index contributed by atoms with van der Waals surface area (Å²) >= 11 is 6.47. The number of nitrogens with zero attached hydrogens (tertiary/aromatic N) is 2. The number of sulfonamides is 1. The molecule has 3 aromatic carbocycles. The smallest absolute Gasteiger partial charge is 0.244 e. The number of nitrogens with one attached hydrogen (secondary N) is 1. The molecule has 1 N–H and O–H groups in total. The van der Waals surface area contributed by atoms with Crippen LogP contribution < -0.4 is 9.62 Å². The van der Waals surface area contributed by atoms with E-state index >= 15 is 0 Å². The molecule has 7 nitrogen and oxygen atoms in total. The number of aryl methyl sites for hydroxylation is 1. The van der Waals surface area contributed by atoms with Gasteiger partial charge in [-0.15, -0.1) is 0 Å². The number of amides is 2. The Balaban J connectivity index is 2.08. The highest BCUT2D eigenvalue weighted by Gasteiger charge is 2.34. The Hall–Kier alpha value is -3.36. The van der Waals surface area contributed by atoms with Gasteiger partial charge in [-0.1, -0.05) is 85.3 Å². The highest BCUT2D eigenvalue weighted by Crippen LogP contribution is 2.25. The number of hydrogen-bond acceptors (Lipinski definition) is 4. The zero-order chi connectivity index (χ0) is 28.6. The van der Waals surface area contributed by atoms with E-state index in [9.17, 15) is 18.0 Å². The first kappa shape index (κ1) is 30.2. The molecule has 0 aliphatic heterocycles. The number of hydrogen-bond donors (Lipinski definition) is 1. The Kier molecular flexibility index (Phi) is 10.5. The number of anilines is 1. The first-order valence-corrected chi connectivity index (χ1v) is 15.1. The topological polar surface area (TPSA) is 86.8 Å². The van der Waals surface area contributed by atoms with Gasteiger partial charge in [-0.25, -0.2) is 8.42 Å². The monoisotopic (exact) mass is 569 g/mol. The lowest BCUT2D eigenvalue weighted by Gasteiger charge is -2.34. The Morgan fingerprint density at radius 1 is 0.949 bits per heavy atom. The number of carbonyl (C=O) groups excluding carboxylic acids is 2. The van der Waals surface area contributed by atoms with Crippen molar-refractivity contribution in [1.29, 1.82) is 0 Å². The van der Waals surface area contributed by atoms with Crippen molar-refractivity contribution >= 4 is 39.1 Å². The third-order valence-corrected chi connectivity index (χ3v) is 8.13. The van der Waals surface area contributed by atoms with E-state index in [1.54, 1.807) is 49.4 Å². The lowest BCUT2D eigenvalue weighted by atomic mass is 10.0.